The molecule has 1 atom stereocenters. The lowest BCUT2D eigenvalue weighted by Crippen LogP contribution is -2.34. The van der Waals surface area contributed by atoms with Gasteiger partial charge in [0.25, 0.3) is 5.91 Å². The van der Waals surface area contributed by atoms with Gasteiger partial charge in [0, 0.05) is 25.2 Å². The molecule has 0 aliphatic heterocycles. The van der Waals surface area contributed by atoms with Crippen molar-refractivity contribution in [2.45, 2.75) is 33.2 Å². The second-order valence-electron chi connectivity index (χ2n) is 5.42. The molecule has 0 bridgehead atoms. The molecule has 0 saturated heterocycles. The standard InChI is InChI=1S/C15H24N2O2/c1-10(2)14(16)7-8-17(4)15(19)13-6-5-12(18)9-11(13)3/h5-6,9-10,14,18H,7-8,16H2,1-4H3. The number of amides is 1. The number of hydrogen-bond donors (Lipinski definition) is 2. The molecular weight excluding hydrogens is 240 g/mol. The van der Waals surface area contributed by atoms with Crippen LogP contribution in [0.4, 0.5) is 0 Å². The van der Waals surface area contributed by atoms with Gasteiger partial charge in [0.15, 0.2) is 0 Å². The minimum absolute atomic E-state index is 0.0338. The molecule has 0 aromatic heterocycles. The van der Waals surface area contributed by atoms with E-state index in [0.29, 0.717) is 18.0 Å². The third-order valence-corrected chi connectivity index (χ3v) is 3.44. The zero-order valence-electron chi connectivity index (χ0n) is 12.2. The van der Waals surface area contributed by atoms with E-state index >= 15 is 0 Å². The first-order chi connectivity index (χ1) is 8.82. The first-order valence-corrected chi connectivity index (χ1v) is 6.63. The number of rotatable bonds is 5. The van der Waals surface area contributed by atoms with Crippen molar-refractivity contribution < 1.29 is 9.90 Å². The molecule has 0 heterocycles. The summed E-state index contributed by atoms with van der Waals surface area (Å²) in [5.41, 5.74) is 7.39. The lowest BCUT2D eigenvalue weighted by atomic mass is 10.0. The summed E-state index contributed by atoms with van der Waals surface area (Å²) < 4.78 is 0. The second-order valence-corrected chi connectivity index (χ2v) is 5.42. The Morgan fingerprint density at radius 2 is 2.05 bits per heavy atom. The summed E-state index contributed by atoms with van der Waals surface area (Å²) in [4.78, 5) is 13.9. The Morgan fingerprint density at radius 1 is 1.42 bits per heavy atom. The Bertz CT molecular complexity index is 444. The van der Waals surface area contributed by atoms with E-state index in [-0.39, 0.29) is 17.7 Å². The lowest BCUT2D eigenvalue weighted by molar-refractivity contribution is 0.0788. The number of benzene rings is 1. The number of nitrogens with zero attached hydrogens (tertiary/aromatic N) is 1. The second kappa shape index (κ2) is 6.57. The van der Waals surface area contributed by atoms with E-state index < -0.39 is 0 Å². The van der Waals surface area contributed by atoms with Gasteiger partial charge in [-0.05, 0) is 43.0 Å². The summed E-state index contributed by atoms with van der Waals surface area (Å²) in [6, 6.07) is 4.90. The van der Waals surface area contributed by atoms with Crippen molar-refractivity contribution in [2.75, 3.05) is 13.6 Å². The van der Waals surface area contributed by atoms with Gasteiger partial charge in [0.05, 0.1) is 0 Å². The molecule has 1 aromatic carbocycles. The molecule has 1 amide bonds. The Balaban J connectivity index is 2.66. The highest BCUT2D eigenvalue weighted by Crippen LogP contribution is 2.17. The van der Waals surface area contributed by atoms with Crippen LogP contribution in [0.15, 0.2) is 18.2 Å². The van der Waals surface area contributed by atoms with Crippen LogP contribution in [0.1, 0.15) is 36.2 Å². The van der Waals surface area contributed by atoms with Crippen molar-refractivity contribution in [3.63, 3.8) is 0 Å². The number of aryl methyl sites for hydroxylation is 1. The van der Waals surface area contributed by atoms with Crippen molar-refractivity contribution in [2.24, 2.45) is 11.7 Å². The minimum atomic E-state index is -0.0338. The van der Waals surface area contributed by atoms with Crippen LogP contribution >= 0.6 is 0 Å². The number of nitrogens with two attached hydrogens (primary N) is 1. The molecule has 4 heteroatoms. The maximum Gasteiger partial charge on any atom is 0.253 e. The van der Waals surface area contributed by atoms with Crippen molar-refractivity contribution >= 4 is 5.91 Å². The van der Waals surface area contributed by atoms with Gasteiger partial charge in [0.1, 0.15) is 5.75 Å². The summed E-state index contributed by atoms with van der Waals surface area (Å²) in [5.74, 6) is 0.561. The van der Waals surface area contributed by atoms with E-state index in [9.17, 15) is 9.90 Å². The van der Waals surface area contributed by atoms with Gasteiger partial charge in [-0.3, -0.25) is 4.79 Å². The molecule has 0 saturated carbocycles. The number of phenolic OH excluding ortho intramolecular Hbond substituents is 1. The van der Waals surface area contributed by atoms with Crippen molar-refractivity contribution in [3.05, 3.63) is 29.3 Å². The SMILES string of the molecule is Cc1cc(O)ccc1C(=O)N(C)CCC(N)C(C)C. The van der Waals surface area contributed by atoms with Gasteiger partial charge in [-0.15, -0.1) is 0 Å². The smallest absolute Gasteiger partial charge is 0.253 e. The van der Waals surface area contributed by atoms with Gasteiger partial charge in [-0.2, -0.15) is 0 Å². The minimum Gasteiger partial charge on any atom is -0.508 e. The highest BCUT2D eigenvalue weighted by atomic mass is 16.3. The van der Waals surface area contributed by atoms with Crippen LogP contribution in [0, 0.1) is 12.8 Å². The Hall–Kier alpha value is -1.55. The molecule has 1 rings (SSSR count). The average Bonchev–Trinajstić information content (AvgIpc) is 2.34. The molecule has 0 aliphatic rings. The summed E-state index contributed by atoms with van der Waals surface area (Å²) >= 11 is 0. The topological polar surface area (TPSA) is 66.6 Å². The van der Waals surface area contributed by atoms with Gasteiger partial charge < -0.3 is 15.7 Å². The van der Waals surface area contributed by atoms with E-state index in [1.54, 1.807) is 24.1 Å². The highest BCUT2D eigenvalue weighted by Gasteiger charge is 2.16. The molecule has 0 fully saturated rings. The molecule has 0 spiro atoms. The van der Waals surface area contributed by atoms with Crippen molar-refractivity contribution in [3.8, 4) is 5.75 Å². The van der Waals surface area contributed by atoms with Crippen LogP contribution in [0.25, 0.3) is 0 Å². The number of aromatic hydroxyl groups is 1. The van der Waals surface area contributed by atoms with Crippen LogP contribution in [-0.2, 0) is 0 Å². The van der Waals surface area contributed by atoms with Crippen LogP contribution in [-0.4, -0.2) is 35.5 Å². The van der Waals surface area contributed by atoms with Gasteiger partial charge >= 0.3 is 0 Å². The van der Waals surface area contributed by atoms with E-state index in [1.165, 1.54) is 6.07 Å². The average molecular weight is 264 g/mol. The molecule has 0 radical (unpaired) electrons. The predicted molar refractivity (Wildman–Crippen MR) is 77.2 cm³/mol. The molecule has 0 aliphatic carbocycles. The third kappa shape index (κ3) is 4.24. The predicted octanol–water partition coefficient (Wildman–Crippen LogP) is 2.15. The first kappa shape index (κ1) is 15.5. The van der Waals surface area contributed by atoms with Gasteiger partial charge in [0.2, 0.25) is 0 Å². The van der Waals surface area contributed by atoms with Crippen molar-refractivity contribution in [1.82, 2.24) is 4.90 Å². The molecule has 1 aromatic rings. The zero-order valence-corrected chi connectivity index (χ0v) is 12.2. The summed E-state index contributed by atoms with van der Waals surface area (Å²) in [5, 5.41) is 9.35. The molecule has 3 N–H and O–H groups in total. The van der Waals surface area contributed by atoms with E-state index in [4.69, 9.17) is 5.73 Å². The Labute approximate surface area is 115 Å². The van der Waals surface area contributed by atoms with E-state index in [1.807, 2.05) is 6.92 Å². The quantitative estimate of drug-likeness (QED) is 0.856. The maximum atomic E-state index is 12.3. The van der Waals surface area contributed by atoms with Gasteiger partial charge in [-0.25, -0.2) is 0 Å². The molecular formula is C15H24N2O2. The summed E-state index contributed by atoms with van der Waals surface area (Å²) in [7, 11) is 1.78. The monoisotopic (exact) mass is 264 g/mol. The molecule has 106 valence electrons. The highest BCUT2D eigenvalue weighted by molar-refractivity contribution is 5.95. The van der Waals surface area contributed by atoms with Crippen molar-refractivity contribution in [1.29, 1.82) is 0 Å². The molecule has 1 unspecified atom stereocenters. The largest absolute Gasteiger partial charge is 0.508 e. The number of carbonyl (C=O) groups excluding carboxylic acids is 1. The fraction of sp³-hybridized carbons (Fsp3) is 0.533. The molecule has 19 heavy (non-hydrogen) atoms. The summed E-state index contributed by atoms with van der Waals surface area (Å²) in [6.07, 6.45) is 0.789. The summed E-state index contributed by atoms with van der Waals surface area (Å²) in [6.45, 7) is 6.62. The van der Waals surface area contributed by atoms with E-state index in [0.717, 1.165) is 12.0 Å². The Kier molecular flexibility index (Phi) is 5.36. The normalized spacial score (nSPS) is 12.5. The van der Waals surface area contributed by atoms with Crippen LogP contribution in [0.5, 0.6) is 5.75 Å². The fourth-order valence-electron chi connectivity index (χ4n) is 1.87. The molecule has 4 nitrogen and oxygen atoms in total. The van der Waals surface area contributed by atoms with Crippen LogP contribution in [0.3, 0.4) is 0 Å². The Morgan fingerprint density at radius 3 is 2.58 bits per heavy atom. The van der Waals surface area contributed by atoms with Crippen LogP contribution < -0.4 is 5.73 Å². The fourth-order valence-corrected chi connectivity index (χ4v) is 1.87. The lowest BCUT2D eigenvalue weighted by Gasteiger charge is -2.22. The van der Waals surface area contributed by atoms with Crippen LogP contribution in [0.2, 0.25) is 0 Å². The maximum absolute atomic E-state index is 12.3. The third-order valence-electron chi connectivity index (χ3n) is 3.44. The van der Waals surface area contributed by atoms with E-state index in [2.05, 4.69) is 13.8 Å². The first-order valence-electron chi connectivity index (χ1n) is 6.63. The number of carbonyl (C=O) groups is 1. The number of hydrogen-bond acceptors (Lipinski definition) is 3. The zero-order chi connectivity index (χ0) is 14.6. The van der Waals surface area contributed by atoms with Gasteiger partial charge in [-0.1, -0.05) is 13.8 Å². The number of phenols is 1.